The number of hydrogen-bond acceptors (Lipinski definition) is 2. The fourth-order valence-corrected chi connectivity index (χ4v) is 3.56. The number of benzene rings is 2. The van der Waals surface area contributed by atoms with Crippen molar-refractivity contribution in [3.05, 3.63) is 71.4 Å². The maximum Gasteiger partial charge on any atom is 0.182 e. The predicted molar refractivity (Wildman–Crippen MR) is 92.7 cm³/mol. The average molecular weight is 304 g/mol. The second kappa shape index (κ2) is 5.67. The molecule has 0 amide bonds. The molecule has 0 bridgehead atoms. The van der Waals surface area contributed by atoms with Gasteiger partial charge in [-0.2, -0.15) is 0 Å². The Bertz CT molecular complexity index is 864. The molecule has 0 N–H and O–H groups in total. The minimum atomic E-state index is 0.169. The zero-order valence-electron chi connectivity index (χ0n) is 13.3. The SMILES string of the molecule is CN1CCc2c(n(CC(=O)c3ccccc3)c3ccccc23)C1. The summed E-state index contributed by atoms with van der Waals surface area (Å²) in [6.45, 7) is 2.40. The predicted octanol–water partition coefficient (Wildman–Crippen LogP) is 3.51. The molecular weight excluding hydrogens is 284 g/mol. The van der Waals surface area contributed by atoms with Crippen molar-refractivity contribution < 1.29 is 4.79 Å². The highest BCUT2D eigenvalue weighted by molar-refractivity contribution is 5.97. The van der Waals surface area contributed by atoms with Gasteiger partial charge in [0.15, 0.2) is 5.78 Å². The molecule has 0 saturated heterocycles. The van der Waals surface area contributed by atoms with E-state index in [1.807, 2.05) is 30.3 Å². The Labute approximate surface area is 136 Å². The minimum Gasteiger partial charge on any atom is -0.335 e. The van der Waals surface area contributed by atoms with Crippen LogP contribution in [0.15, 0.2) is 54.6 Å². The first-order valence-corrected chi connectivity index (χ1v) is 8.10. The third kappa shape index (κ3) is 2.47. The summed E-state index contributed by atoms with van der Waals surface area (Å²) in [6.07, 6.45) is 1.05. The van der Waals surface area contributed by atoms with Crippen LogP contribution in [0.2, 0.25) is 0 Å². The zero-order chi connectivity index (χ0) is 15.8. The van der Waals surface area contributed by atoms with Gasteiger partial charge in [0.1, 0.15) is 0 Å². The molecule has 1 aromatic heterocycles. The van der Waals surface area contributed by atoms with Gasteiger partial charge in [0.2, 0.25) is 0 Å². The van der Waals surface area contributed by atoms with Crippen molar-refractivity contribution >= 4 is 16.7 Å². The molecule has 0 saturated carbocycles. The van der Waals surface area contributed by atoms with Gasteiger partial charge in [0.05, 0.1) is 6.54 Å². The van der Waals surface area contributed by atoms with Crippen LogP contribution in [0.1, 0.15) is 21.6 Å². The number of carbonyl (C=O) groups excluding carboxylic acids is 1. The van der Waals surface area contributed by atoms with Gasteiger partial charge in [-0.1, -0.05) is 48.5 Å². The summed E-state index contributed by atoms with van der Waals surface area (Å²) in [5, 5.41) is 1.30. The molecule has 0 aliphatic carbocycles. The van der Waals surface area contributed by atoms with Crippen LogP contribution in [-0.4, -0.2) is 28.8 Å². The van der Waals surface area contributed by atoms with Gasteiger partial charge in [0.25, 0.3) is 0 Å². The third-order valence-electron chi connectivity index (χ3n) is 4.75. The number of aromatic nitrogens is 1. The first-order valence-electron chi connectivity index (χ1n) is 8.10. The normalized spacial score (nSPS) is 14.8. The smallest absolute Gasteiger partial charge is 0.182 e. The molecule has 3 nitrogen and oxygen atoms in total. The van der Waals surface area contributed by atoms with Gasteiger partial charge in [-0.3, -0.25) is 4.79 Å². The van der Waals surface area contributed by atoms with Gasteiger partial charge < -0.3 is 9.47 Å². The van der Waals surface area contributed by atoms with Crippen LogP contribution in [0, 0.1) is 0 Å². The van der Waals surface area contributed by atoms with Crippen molar-refractivity contribution in [2.24, 2.45) is 0 Å². The van der Waals surface area contributed by atoms with E-state index in [0.29, 0.717) is 6.54 Å². The fraction of sp³-hybridized carbons (Fsp3) is 0.250. The number of nitrogens with zero attached hydrogens (tertiary/aromatic N) is 2. The summed E-state index contributed by atoms with van der Waals surface area (Å²) >= 11 is 0. The fourth-order valence-electron chi connectivity index (χ4n) is 3.56. The number of carbonyl (C=O) groups is 1. The van der Waals surface area contributed by atoms with Crippen molar-refractivity contribution in [3.8, 4) is 0 Å². The number of hydrogen-bond donors (Lipinski definition) is 0. The molecule has 1 aliphatic heterocycles. The Balaban J connectivity index is 1.80. The molecule has 3 aromatic rings. The Morgan fingerprint density at radius 2 is 1.78 bits per heavy atom. The maximum absolute atomic E-state index is 12.7. The standard InChI is InChI=1S/C20H20N2O/c1-21-12-11-17-16-9-5-6-10-18(16)22(19(17)13-21)14-20(23)15-7-3-2-4-8-15/h2-10H,11-14H2,1H3. The number of fused-ring (bicyclic) bond motifs is 3. The summed E-state index contributed by atoms with van der Waals surface area (Å²) in [6, 6.07) is 18.0. The third-order valence-corrected chi connectivity index (χ3v) is 4.75. The monoisotopic (exact) mass is 304 g/mol. The lowest BCUT2D eigenvalue weighted by Gasteiger charge is -2.24. The van der Waals surface area contributed by atoms with Crippen LogP contribution in [-0.2, 0) is 19.5 Å². The van der Waals surface area contributed by atoms with Gasteiger partial charge in [-0.15, -0.1) is 0 Å². The van der Waals surface area contributed by atoms with E-state index < -0.39 is 0 Å². The Morgan fingerprint density at radius 1 is 1.04 bits per heavy atom. The molecule has 3 heteroatoms. The molecule has 0 fully saturated rings. The van der Waals surface area contributed by atoms with E-state index >= 15 is 0 Å². The van der Waals surface area contributed by atoms with Gasteiger partial charge in [-0.25, -0.2) is 0 Å². The summed E-state index contributed by atoms with van der Waals surface area (Å²) < 4.78 is 2.22. The molecule has 116 valence electrons. The van der Waals surface area contributed by atoms with Crippen LogP contribution in [0.3, 0.4) is 0 Å². The first kappa shape index (κ1) is 14.2. The van der Waals surface area contributed by atoms with E-state index in [0.717, 1.165) is 25.1 Å². The Kier molecular flexibility index (Phi) is 3.50. The maximum atomic E-state index is 12.7. The van der Waals surface area contributed by atoms with Crippen molar-refractivity contribution in [1.82, 2.24) is 9.47 Å². The highest BCUT2D eigenvalue weighted by atomic mass is 16.1. The van der Waals surface area contributed by atoms with E-state index in [9.17, 15) is 4.79 Å². The Morgan fingerprint density at radius 3 is 2.61 bits per heavy atom. The van der Waals surface area contributed by atoms with E-state index in [4.69, 9.17) is 0 Å². The van der Waals surface area contributed by atoms with Crippen molar-refractivity contribution in [1.29, 1.82) is 0 Å². The molecule has 0 atom stereocenters. The van der Waals surface area contributed by atoms with E-state index in [1.165, 1.54) is 22.2 Å². The quantitative estimate of drug-likeness (QED) is 0.692. The van der Waals surface area contributed by atoms with Crippen LogP contribution in [0.5, 0.6) is 0 Å². The topological polar surface area (TPSA) is 25.2 Å². The lowest BCUT2D eigenvalue weighted by molar-refractivity contribution is 0.0971. The zero-order valence-corrected chi connectivity index (χ0v) is 13.3. The van der Waals surface area contributed by atoms with Crippen LogP contribution in [0.4, 0.5) is 0 Å². The number of para-hydroxylation sites is 1. The Hall–Kier alpha value is -2.39. The number of Topliss-reactive ketones (excluding diaryl/α,β-unsaturated/α-hetero) is 1. The summed E-state index contributed by atoms with van der Waals surface area (Å²) in [4.78, 5) is 15.0. The highest BCUT2D eigenvalue weighted by Gasteiger charge is 2.23. The summed E-state index contributed by atoms with van der Waals surface area (Å²) in [5.74, 6) is 0.169. The van der Waals surface area contributed by atoms with E-state index in [-0.39, 0.29) is 5.78 Å². The number of rotatable bonds is 3. The molecule has 1 aliphatic rings. The minimum absolute atomic E-state index is 0.169. The molecule has 2 heterocycles. The van der Waals surface area contributed by atoms with E-state index in [1.54, 1.807) is 0 Å². The van der Waals surface area contributed by atoms with Gasteiger partial charge >= 0.3 is 0 Å². The number of likely N-dealkylation sites (N-methyl/N-ethyl adjacent to an activating group) is 1. The van der Waals surface area contributed by atoms with Crippen molar-refractivity contribution in [2.75, 3.05) is 13.6 Å². The van der Waals surface area contributed by atoms with Crippen LogP contribution < -0.4 is 0 Å². The summed E-state index contributed by atoms with van der Waals surface area (Å²) in [7, 11) is 2.14. The molecule has 0 unspecified atom stereocenters. The molecule has 2 aromatic carbocycles. The van der Waals surface area contributed by atoms with Crippen molar-refractivity contribution in [2.45, 2.75) is 19.5 Å². The lowest BCUT2D eigenvalue weighted by Crippen LogP contribution is -2.28. The van der Waals surface area contributed by atoms with Crippen molar-refractivity contribution in [3.63, 3.8) is 0 Å². The summed E-state index contributed by atoms with van der Waals surface area (Å²) in [5.41, 5.74) is 4.67. The molecular formula is C20H20N2O. The molecule has 23 heavy (non-hydrogen) atoms. The van der Waals surface area contributed by atoms with Gasteiger partial charge in [0, 0.05) is 35.2 Å². The van der Waals surface area contributed by atoms with Crippen LogP contribution >= 0.6 is 0 Å². The van der Waals surface area contributed by atoms with E-state index in [2.05, 4.69) is 40.8 Å². The first-order chi connectivity index (χ1) is 11.2. The van der Waals surface area contributed by atoms with Crippen LogP contribution in [0.25, 0.3) is 10.9 Å². The largest absolute Gasteiger partial charge is 0.335 e. The molecule has 0 radical (unpaired) electrons. The number of ketones is 1. The highest BCUT2D eigenvalue weighted by Crippen LogP contribution is 2.30. The average Bonchev–Trinajstić information content (AvgIpc) is 2.89. The lowest BCUT2D eigenvalue weighted by atomic mass is 10.0. The second-order valence-electron chi connectivity index (χ2n) is 6.31. The van der Waals surface area contributed by atoms with Gasteiger partial charge in [-0.05, 0) is 25.1 Å². The molecule has 4 rings (SSSR count). The second-order valence-corrected chi connectivity index (χ2v) is 6.31. The molecule has 0 spiro atoms.